The number of nitrogens with one attached hydrogen (secondary N) is 2. The number of benzene rings is 1. The third-order valence-corrected chi connectivity index (χ3v) is 6.59. The standard InChI is InChI=1S/C27H42N6/c28-26(29)13-6-4-2-1-3-5-9-19-32-21-22-33(27(32)30)20-10-11-23-14-16-24(17-15-23)25-12-7-8-18-31-25/h14-17,21-22,30H,1-13,18-20H2,(H3,28,29). The smallest absolute Gasteiger partial charge is 0.202 e. The average Bonchev–Trinajstić information content (AvgIpc) is 3.18. The van der Waals surface area contributed by atoms with Gasteiger partial charge in [0.05, 0.1) is 5.84 Å². The summed E-state index contributed by atoms with van der Waals surface area (Å²) in [4.78, 5) is 4.67. The molecule has 0 radical (unpaired) electrons. The van der Waals surface area contributed by atoms with Crippen LogP contribution in [0.15, 0.2) is 41.7 Å². The van der Waals surface area contributed by atoms with Crippen molar-refractivity contribution in [1.29, 1.82) is 10.8 Å². The average molecular weight is 451 g/mol. The van der Waals surface area contributed by atoms with Gasteiger partial charge in [-0.3, -0.25) is 15.8 Å². The van der Waals surface area contributed by atoms with Gasteiger partial charge in [-0.05, 0) is 56.1 Å². The van der Waals surface area contributed by atoms with Crippen molar-refractivity contribution < 1.29 is 0 Å². The second-order valence-corrected chi connectivity index (χ2v) is 9.34. The van der Waals surface area contributed by atoms with Crippen molar-refractivity contribution in [2.45, 2.75) is 96.6 Å². The van der Waals surface area contributed by atoms with Crippen LogP contribution in [0.5, 0.6) is 0 Å². The topological polar surface area (TPSA) is 95.9 Å². The molecular weight excluding hydrogens is 408 g/mol. The first kappa shape index (κ1) is 25.0. The van der Waals surface area contributed by atoms with Crippen LogP contribution in [0.1, 0.15) is 88.2 Å². The molecule has 2 heterocycles. The summed E-state index contributed by atoms with van der Waals surface area (Å²) in [5, 5.41) is 15.7. The summed E-state index contributed by atoms with van der Waals surface area (Å²) in [5.41, 5.74) is 9.92. The zero-order valence-corrected chi connectivity index (χ0v) is 20.2. The molecule has 1 aliphatic heterocycles. The van der Waals surface area contributed by atoms with Crippen LogP contribution in [-0.2, 0) is 19.5 Å². The van der Waals surface area contributed by atoms with Crippen LogP contribution in [0.25, 0.3) is 0 Å². The maximum absolute atomic E-state index is 8.46. The predicted molar refractivity (Wildman–Crippen MR) is 137 cm³/mol. The van der Waals surface area contributed by atoms with E-state index in [0.29, 0.717) is 11.5 Å². The number of amidine groups is 1. The first-order chi connectivity index (χ1) is 16.1. The number of nitrogens with two attached hydrogens (primary N) is 1. The van der Waals surface area contributed by atoms with E-state index >= 15 is 0 Å². The van der Waals surface area contributed by atoms with Crippen molar-refractivity contribution in [2.75, 3.05) is 6.54 Å². The fraction of sp³-hybridized carbons (Fsp3) is 0.593. The molecule has 1 aromatic heterocycles. The lowest BCUT2D eigenvalue weighted by Crippen LogP contribution is -2.24. The van der Waals surface area contributed by atoms with Gasteiger partial charge in [0, 0.05) is 44.2 Å². The molecule has 6 nitrogen and oxygen atoms in total. The fourth-order valence-electron chi connectivity index (χ4n) is 4.56. The highest BCUT2D eigenvalue weighted by Gasteiger charge is 2.08. The zero-order chi connectivity index (χ0) is 23.3. The van der Waals surface area contributed by atoms with Crippen molar-refractivity contribution in [3.8, 4) is 0 Å². The van der Waals surface area contributed by atoms with Gasteiger partial charge in [-0.1, -0.05) is 56.4 Å². The molecule has 0 aliphatic carbocycles. The summed E-state index contributed by atoms with van der Waals surface area (Å²) in [6, 6.07) is 8.94. The molecule has 0 amide bonds. The molecule has 1 aliphatic rings. The van der Waals surface area contributed by atoms with Gasteiger partial charge >= 0.3 is 0 Å². The third-order valence-electron chi connectivity index (χ3n) is 6.59. The predicted octanol–water partition coefficient (Wildman–Crippen LogP) is 5.43. The van der Waals surface area contributed by atoms with E-state index < -0.39 is 0 Å². The van der Waals surface area contributed by atoms with Crippen molar-refractivity contribution in [1.82, 2.24) is 9.13 Å². The summed E-state index contributed by atoms with van der Waals surface area (Å²) >= 11 is 0. The van der Waals surface area contributed by atoms with Crippen LogP contribution in [0.4, 0.5) is 0 Å². The van der Waals surface area contributed by atoms with E-state index in [1.807, 2.05) is 0 Å². The highest BCUT2D eigenvalue weighted by Crippen LogP contribution is 2.15. The van der Waals surface area contributed by atoms with Gasteiger partial charge in [-0.15, -0.1) is 0 Å². The number of hydrogen-bond donors (Lipinski definition) is 3. The Labute approximate surface area is 199 Å². The number of hydrogen-bond acceptors (Lipinski definition) is 3. The van der Waals surface area contributed by atoms with Gasteiger partial charge in [0.15, 0.2) is 0 Å². The maximum Gasteiger partial charge on any atom is 0.202 e. The number of unbranched alkanes of at least 4 members (excludes halogenated alkanes) is 6. The summed E-state index contributed by atoms with van der Waals surface area (Å²) in [6.07, 6.45) is 18.8. The van der Waals surface area contributed by atoms with Crippen molar-refractivity contribution in [2.24, 2.45) is 10.7 Å². The highest BCUT2D eigenvalue weighted by molar-refractivity contribution is 6.00. The Balaban J connectivity index is 1.31. The van der Waals surface area contributed by atoms with Crippen LogP contribution in [0, 0.1) is 10.8 Å². The van der Waals surface area contributed by atoms with Crippen molar-refractivity contribution >= 4 is 11.5 Å². The van der Waals surface area contributed by atoms with Crippen LogP contribution in [-0.4, -0.2) is 27.2 Å². The van der Waals surface area contributed by atoms with Gasteiger partial charge < -0.3 is 14.9 Å². The Morgan fingerprint density at radius 2 is 1.48 bits per heavy atom. The number of aromatic nitrogens is 2. The summed E-state index contributed by atoms with van der Waals surface area (Å²) in [7, 11) is 0. The molecule has 6 heteroatoms. The van der Waals surface area contributed by atoms with Gasteiger partial charge in [-0.25, -0.2) is 0 Å². The van der Waals surface area contributed by atoms with Crippen molar-refractivity contribution in [3.63, 3.8) is 0 Å². The number of aliphatic imine (C=N–C) groups is 1. The lowest BCUT2D eigenvalue weighted by Gasteiger charge is -2.12. The molecule has 3 rings (SSSR count). The van der Waals surface area contributed by atoms with Crippen molar-refractivity contribution in [3.05, 3.63) is 53.4 Å². The Hall–Kier alpha value is -2.63. The van der Waals surface area contributed by atoms with Crippen LogP contribution < -0.4 is 11.4 Å². The van der Waals surface area contributed by atoms with E-state index in [0.717, 1.165) is 58.2 Å². The van der Waals surface area contributed by atoms with Crippen LogP contribution in [0.3, 0.4) is 0 Å². The molecule has 33 heavy (non-hydrogen) atoms. The Bertz CT molecular complexity index is 934. The lowest BCUT2D eigenvalue weighted by atomic mass is 9.99. The van der Waals surface area contributed by atoms with Gasteiger partial charge in [0.2, 0.25) is 5.62 Å². The SMILES string of the molecule is N=C(N)CCCCCCCCCn1ccn(CCCc2ccc(C3=NCCCC3)cc2)c1=N. The Morgan fingerprint density at radius 1 is 0.848 bits per heavy atom. The lowest BCUT2D eigenvalue weighted by molar-refractivity contribution is 0.518. The molecule has 0 saturated heterocycles. The van der Waals surface area contributed by atoms with E-state index in [9.17, 15) is 0 Å². The highest BCUT2D eigenvalue weighted by atomic mass is 15.2. The van der Waals surface area contributed by atoms with Crippen LogP contribution >= 0.6 is 0 Å². The first-order valence-corrected chi connectivity index (χ1v) is 12.9. The number of imidazole rings is 1. The molecule has 0 bridgehead atoms. The van der Waals surface area contributed by atoms with E-state index in [1.54, 1.807) is 0 Å². The van der Waals surface area contributed by atoms with E-state index in [-0.39, 0.29) is 0 Å². The second kappa shape index (κ2) is 13.8. The Morgan fingerprint density at radius 3 is 2.12 bits per heavy atom. The summed E-state index contributed by atoms with van der Waals surface area (Å²) in [5.74, 6) is 0.310. The zero-order valence-electron chi connectivity index (χ0n) is 20.2. The van der Waals surface area contributed by atoms with E-state index in [4.69, 9.17) is 16.6 Å². The Kier molecular flexibility index (Phi) is 10.5. The minimum absolute atomic E-state index is 0.310. The molecule has 180 valence electrons. The molecule has 0 atom stereocenters. The monoisotopic (exact) mass is 450 g/mol. The third kappa shape index (κ3) is 8.67. The summed E-state index contributed by atoms with van der Waals surface area (Å²) in [6.45, 7) is 2.80. The molecule has 0 unspecified atom stereocenters. The largest absolute Gasteiger partial charge is 0.388 e. The molecule has 4 N–H and O–H groups in total. The van der Waals surface area contributed by atoms with Gasteiger partial charge in [0.25, 0.3) is 0 Å². The maximum atomic E-state index is 8.46. The molecule has 1 aromatic carbocycles. The molecule has 2 aromatic rings. The minimum Gasteiger partial charge on any atom is -0.388 e. The minimum atomic E-state index is 0.310. The second-order valence-electron chi connectivity index (χ2n) is 9.34. The molecule has 0 spiro atoms. The van der Waals surface area contributed by atoms with Gasteiger partial charge in [0.1, 0.15) is 0 Å². The first-order valence-electron chi connectivity index (χ1n) is 12.9. The van der Waals surface area contributed by atoms with Crippen LogP contribution in [0.2, 0.25) is 0 Å². The fourth-order valence-corrected chi connectivity index (χ4v) is 4.56. The molecule has 0 saturated carbocycles. The normalized spacial score (nSPS) is 13.8. The van der Waals surface area contributed by atoms with Gasteiger partial charge in [-0.2, -0.15) is 0 Å². The summed E-state index contributed by atoms with van der Waals surface area (Å²) < 4.78 is 4.15. The van der Waals surface area contributed by atoms with E-state index in [1.165, 1.54) is 61.8 Å². The number of rotatable bonds is 15. The quantitative estimate of drug-likeness (QED) is 0.188. The molecule has 0 fully saturated rings. The van der Waals surface area contributed by atoms with E-state index in [2.05, 4.69) is 50.8 Å². The molecular formula is C27H42N6. The number of nitrogens with zero attached hydrogens (tertiary/aromatic N) is 3. The number of aryl methyl sites for hydroxylation is 3.